The van der Waals surface area contributed by atoms with E-state index in [0.717, 1.165) is 18.7 Å². The fraction of sp³-hybridized carbons (Fsp3) is 0.474. The zero-order valence-electron chi connectivity index (χ0n) is 15.6. The Hall–Kier alpha value is -2.30. The molecular weight excluding hydrogens is 362 g/mol. The van der Waals surface area contributed by atoms with E-state index in [4.69, 9.17) is 4.74 Å². The van der Waals surface area contributed by atoms with Crippen LogP contribution in [-0.2, 0) is 11.2 Å². The number of rotatable bonds is 6. The van der Waals surface area contributed by atoms with Gasteiger partial charge in [-0.3, -0.25) is 9.88 Å². The number of aromatic nitrogens is 2. The van der Waals surface area contributed by atoms with E-state index in [9.17, 15) is 15.3 Å². The quantitative estimate of drug-likeness (QED) is 0.548. The minimum Gasteiger partial charge on any atom is -0.394 e. The Kier molecular flexibility index (Phi) is 5.42. The molecule has 3 heterocycles. The molecule has 0 bridgehead atoms. The molecule has 2 unspecified atom stereocenters. The molecule has 0 spiro atoms. The molecule has 5 atom stereocenters. The molecule has 4 N–H and O–H groups in total. The average molecular weight is 387 g/mol. The molecule has 1 aromatic carbocycles. The van der Waals surface area contributed by atoms with E-state index >= 15 is 0 Å². The second-order valence-electron chi connectivity index (χ2n) is 7.09. The Morgan fingerprint density at radius 3 is 2.68 bits per heavy atom. The average Bonchev–Trinajstić information content (AvgIpc) is 3.26. The van der Waals surface area contributed by atoms with Crippen LogP contribution in [0.5, 0.6) is 0 Å². The summed E-state index contributed by atoms with van der Waals surface area (Å²) in [7, 11) is 1.91. The fourth-order valence-electron chi connectivity index (χ4n) is 3.63. The summed E-state index contributed by atoms with van der Waals surface area (Å²) in [6.07, 6.45) is -0.0720. The normalized spacial score (nSPS) is 29.3. The summed E-state index contributed by atoms with van der Waals surface area (Å²) in [5.41, 5.74) is 1.97. The zero-order valence-corrected chi connectivity index (χ0v) is 15.6. The van der Waals surface area contributed by atoms with Crippen molar-refractivity contribution in [1.82, 2.24) is 19.8 Å². The number of aliphatic imine (C=N–C) groups is 1. The minimum atomic E-state index is -1.17. The van der Waals surface area contributed by atoms with Crippen molar-refractivity contribution in [2.45, 2.75) is 37.1 Å². The lowest BCUT2D eigenvalue weighted by Gasteiger charge is -2.30. The summed E-state index contributed by atoms with van der Waals surface area (Å²) in [6.45, 7) is 0.383. The smallest absolute Gasteiger partial charge is 0.165 e. The molecule has 2 aromatic rings. The van der Waals surface area contributed by atoms with E-state index in [0.29, 0.717) is 5.82 Å². The van der Waals surface area contributed by atoms with E-state index in [1.54, 1.807) is 17.2 Å². The van der Waals surface area contributed by atoms with Gasteiger partial charge in [-0.15, -0.1) is 0 Å². The first-order chi connectivity index (χ1) is 13.6. The lowest BCUT2D eigenvalue weighted by atomic mass is 10.1. The second-order valence-corrected chi connectivity index (χ2v) is 7.09. The van der Waals surface area contributed by atoms with Crippen LogP contribution >= 0.6 is 0 Å². The van der Waals surface area contributed by atoms with E-state index in [1.165, 1.54) is 5.56 Å². The number of nitrogens with zero attached hydrogens (tertiary/aromatic N) is 4. The Bertz CT molecular complexity index is 827. The van der Waals surface area contributed by atoms with Gasteiger partial charge in [0.15, 0.2) is 12.0 Å². The molecule has 0 aliphatic carbocycles. The topological polar surface area (TPSA) is 115 Å². The number of ether oxygens (including phenoxy) is 1. The molecule has 0 amide bonds. The first-order valence-electron chi connectivity index (χ1n) is 9.32. The molecule has 1 aromatic heterocycles. The number of nitrogens with one attached hydrogen (secondary N) is 1. The Labute approximate surface area is 162 Å². The molecule has 0 saturated carbocycles. The molecule has 9 heteroatoms. The van der Waals surface area contributed by atoms with Gasteiger partial charge in [-0.1, -0.05) is 30.3 Å². The van der Waals surface area contributed by atoms with Crippen LogP contribution in [0.15, 0.2) is 41.7 Å². The highest BCUT2D eigenvalue weighted by molar-refractivity contribution is 5.65. The predicted molar refractivity (Wildman–Crippen MR) is 102 cm³/mol. The number of hydrogen-bond acceptors (Lipinski definition) is 8. The lowest BCUT2D eigenvalue weighted by Crippen LogP contribution is -2.38. The summed E-state index contributed by atoms with van der Waals surface area (Å²) in [5, 5.41) is 33.1. The van der Waals surface area contributed by atoms with Gasteiger partial charge in [0.2, 0.25) is 0 Å². The van der Waals surface area contributed by atoms with Crippen molar-refractivity contribution in [2.24, 2.45) is 4.99 Å². The first kappa shape index (κ1) is 19.0. The summed E-state index contributed by atoms with van der Waals surface area (Å²) in [5.74, 6) is 0.560. The molecule has 2 aliphatic rings. The van der Waals surface area contributed by atoms with Gasteiger partial charge in [0, 0.05) is 13.6 Å². The largest absolute Gasteiger partial charge is 0.394 e. The molecule has 9 nitrogen and oxygen atoms in total. The van der Waals surface area contributed by atoms with Gasteiger partial charge in [0.25, 0.3) is 0 Å². The minimum absolute atomic E-state index is 0.172. The fourth-order valence-corrected chi connectivity index (χ4v) is 3.63. The zero-order chi connectivity index (χ0) is 19.7. The van der Waals surface area contributed by atoms with Gasteiger partial charge >= 0.3 is 0 Å². The summed E-state index contributed by atoms with van der Waals surface area (Å²) in [6, 6.07) is 10.2. The van der Waals surface area contributed by atoms with Crippen LogP contribution in [0.25, 0.3) is 0 Å². The van der Waals surface area contributed by atoms with E-state index in [1.807, 2.05) is 30.1 Å². The van der Waals surface area contributed by atoms with Gasteiger partial charge in [-0.2, -0.15) is 0 Å². The first-order valence-corrected chi connectivity index (χ1v) is 9.32. The van der Waals surface area contributed by atoms with Crippen molar-refractivity contribution >= 4 is 12.2 Å². The molecule has 28 heavy (non-hydrogen) atoms. The third-order valence-electron chi connectivity index (χ3n) is 5.21. The molecule has 2 aliphatic heterocycles. The molecule has 0 radical (unpaired) electrons. The third-order valence-corrected chi connectivity index (χ3v) is 5.21. The van der Waals surface area contributed by atoms with Crippen LogP contribution < -0.4 is 5.32 Å². The maximum Gasteiger partial charge on any atom is 0.165 e. The Morgan fingerprint density at radius 1 is 1.18 bits per heavy atom. The molecule has 150 valence electrons. The van der Waals surface area contributed by atoms with Gasteiger partial charge in [-0.25, -0.2) is 9.98 Å². The van der Waals surface area contributed by atoms with Crippen LogP contribution in [-0.4, -0.2) is 74.6 Å². The van der Waals surface area contributed by atoms with Crippen molar-refractivity contribution in [3.05, 3.63) is 47.9 Å². The standard InChI is InChI=1S/C19H25N5O4/c1-23-10-22-18-14(17(23)20-8-7-12-5-3-2-4-6-12)21-11-24(18)19-16(27)15(26)13(9-25)28-19/h2-6,10-11,13,15-17,19-20,25-27H,7-9H2,1H3/t13-,15-,16-,17?,19?/m1/s1. The van der Waals surface area contributed by atoms with Crippen LogP contribution in [0.4, 0.5) is 5.82 Å². The number of aliphatic hydroxyl groups excluding tert-OH is 3. The van der Waals surface area contributed by atoms with Gasteiger partial charge < -0.3 is 25.0 Å². The third kappa shape index (κ3) is 3.43. The highest BCUT2D eigenvalue weighted by atomic mass is 16.6. The Balaban J connectivity index is 1.50. The number of imidazole rings is 1. The highest BCUT2D eigenvalue weighted by Crippen LogP contribution is 2.37. The molecule has 1 saturated heterocycles. The summed E-state index contributed by atoms with van der Waals surface area (Å²) in [4.78, 5) is 10.8. The van der Waals surface area contributed by atoms with Gasteiger partial charge in [0.05, 0.1) is 19.3 Å². The Morgan fingerprint density at radius 2 is 1.96 bits per heavy atom. The highest BCUT2D eigenvalue weighted by Gasteiger charge is 2.44. The van der Waals surface area contributed by atoms with Crippen molar-refractivity contribution < 1.29 is 20.1 Å². The lowest BCUT2D eigenvalue weighted by molar-refractivity contribution is -0.0520. The van der Waals surface area contributed by atoms with Crippen LogP contribution in [0, 0.1) is 0 Å². The van der Waals surface area contributed by atoms with Crippen molar-refractivity contribution in [1.29, 1.82) is 0 Å². The van der Waals surface area contributed by atoms with E-state index < -0.39 is 24.5 Å². The van der Waals surface area contributed by atoms with E-state index in [2.05, 4.69) is 27.4 Å². The van der Waals surface area contributed by atoms with Gasteiger partial charge in [-0.05, 0) is 12.0 Å². The SMILES string of the molecule is CN1C=Nc2c(ncn2C2O[C@H](CO)[C@@H](O)[C@H]2O)C1NCCc1ccccc1. The number of fused-ring (bicyclic) bond motifs is 1. The second kappa shape index (κ2) is 7.98. The predicted octanol–water partition coefficient (Wildman–Crippen LogP) is -0.0693. The van der Waals surface area contributed by atoms with Crippen LogP contribution in [0.1, 0.15) is 23.7 Å². The number of aliphatic hydroxyl groups is 3. The van der Waals surface area contributed by atoms with Crippen molar-refractivity contribution in [2.75, 3.05) is 20.2 Å². The maximum atomic E-state index is 10.3. The van der Waals surface area contributed by atoms with Gasteiger partial charge in [0.1, 0.15) is 30.2 Å². The number of benzene rings is 1. The number of hydrogen-bond donors (Lipinski definition) is 4. The monoisotopic (exact) mass is 387 g/mol. The summed E-state index contributed by atoms with van der Waals surface area (Å²) >= 11 is 0. The van der Waals surface area contributed by atoms with E-state index in [-0.39, 0.29) is 12.8 Å². The van der Waals surface area contributed by atoms with Crippen molar-refractivity contribution in [3.63, 3.8) is 0 Å². The molecule has 1 fully saturated rings. The van der Waals surface area contributed by atoms with Crippen LogP contribution in [0.3, 0.4) is 0 Å². The van der Waals surface area contributed by atoms with Crippen LogP contribution in [0.2, 0.25) is 0 Å². The molecular formula is C19H25N5O4. The molecule has 4 rings (SSSR count). The van der Waals surface area contributed by atoms with Crippen molar-refractivity contribution in [3.8, 4) is 0 Å². The maximum absolute atomic E-state index is 10.3. The summed E-state index contributed by atoms with van der Waals surface area (Å²) < 4.78 is 7.22.